The lowest BCUT2D eigenvalue weighted by atomic mass is 9.82. The lowest BCUT2D eigenvalue weighted by Crippen LogP contribution is -2.17. The van der Waals surface area contributed by atoms with Crippen LogP contribution in [0.25, 0.3) is 60.5 Å². The van der Waals surface area contributed by atoms with Crippen LogP contribution in [-0.2, 0) is 5.41 Å². The Morgan fingerprint density at radius 3 is 1.94 bits per heavy atom. The van der Waals surface area contributed by atoms with E-state index in [0.717, 1.165) is 22.7 Å². The average Bonchev–Trinajstić information content (AvgIpc) is 3.65. The molecule has 0 aliphatic heterocycles. The van der Waals surface area contributed by atoms with Crippen LogP contribution in [0, 0.1) is 0 Å². The summed E-state index contributed by atoms with van der Waals surface area (Å²) in [5.41, 5.74) is 14.6. The molecule has 1 aliphatic rings. The van der Waals surface area contributed by atoms with E-state index in [0.29, 0.717) is 0 Å². The van der Waals surface area contributed by atoms with Crippen molar-refractivity contribution in [2.24, 2.45) is 0 Å². The van der Waals surface area contributed by atoms with Gasteiger partial charge in [0.05, 0.1) is 16.7 Å². The van der Waals surface area contributed by atoms with Gasteiger partial charge >= 0.3 is 0 Å². The third kappa shape index (κ3) is 4.50. The summed E-state index contributed by atoms with van der Waals surface area (Å²) in [5.74, 6) is 0. The van der Waals surface area contributed by atoms with E-state index in [1.165, 1.54) is 66.0 Å². The molecule has 242 valence electrons. The Morgan fingerprint density at radius 1 is 0.471 bits per heavy atom. The molecule has 0 N–H and O–H groups in total. The Balaban J connectivity index is 1.33. The minimum atomic E-state index is -0.123. The highest BCUT2D eigenvalue weighted by Crippen LogP contribution is 2.52. The molecule has 0 saturated heterocycles. The second-order valence-electron chi connectivity index (χ2n) is 14.2. The van der Waals surface area contributed by atoms with Crippen LogP contribution < -0.4 is 4.90 Å². The van der Waals surface area contributed by atoms with Crippen LogP contribution in [0.1, 0.15) is 25.0 Å². The van der Waals surface area contributed by atoms with Crippen LogP contribution in [0.15, 0.2) is 182 Å². The SMILES string of the molecule is CC1(C)c2ccccc2-c2ccc(N(c3ccc4ccccc4c3)c3ccc(-c4ccccc4)c4c5ccccc5n(-c5ccccc5)c34)cc21. The van der Waals surface area contributed by atoms with Gasteiger partial charge in [-0.3, -0.25) is 0 Å². The van der Waals surface area contributed by atoms with Crippen LogP contribution in [0.4, 0.5) is 17.1 Å². The first-order valence-corrected chi connectivity index (χ1v) is 17.8. The topological polar surface area (TPSA) is 8.17 Å². The van der Waals surface area contributed by atoms with Crippen molar-refractivity contribution in [1.82, 2.24) is 4.57 Å². The van der Waals surface area contributed by atoms with Crippen LogP contribution in [0.3, 0.4) is 0 Å². The molecule has 0 amide bonds. The van der Waals surface area contributed by atoms with Crippen molar-refractivity contribution in [3.05, 3.63) is 193 Å². The van der Waals surface area contributed by atoms with Crippen LogP contribution in [-0.4, -0.2) is 4.57 Å². The average molecular weight is 653 g/mol. The smallest absolute Gasteiger partial charge is 0.0788 e. The minimum absolute atomic E-state index is 0.123. The molecule has 1 aliphatic carbocycles. The van der Waals surface area contributed by atoms with Gasteiger partial charge in [0.2, 0.25) is 0 Å². The maximum Gasteiger partial charge on any atom is 0.0788 e. The summed E-state index contributed by atoms with van der Waals surface area (Å²) in [5, 5.41) is 4.93. The summed E-state index contributed by atoms with van der Waals surface area (Å²) in [6.45, 7) is 4.73. The zero-order valence-corrected chi connectivity index (χ0v) is 28.7. The first-order chi connectivity index (χ1) is 25.1. The molecule has 8 aromatic carbocycles. The molecule has 2 nitrogen and oxygen atoms in total. The summed E-state index contributed by atoms with van der Waals surface area (Å²) in [6.07, 6.45) is 0. The molecule has 9 aromatic rings. The van der Waals surface area contributed by atoms with E-state index in [-0.39, 0.29) is 5.41 Å². The molecule has 0 radical (unpaired) electrons. The van der Waals surface area contributed by atoms with Gasteiger partial charge in [-0.25, -0.2) is 0 Å². The van der Waals surface area contributed by atoms with Gasteiger partial charge in [0.15, 0.2) is 0 Å². The van der Waals surface area contributed by atoms with Crippen LogP contribution >= 0.6 is 0 Å². The fourth-order valence-corrected chi connectivity index (χ4v) is 8.54. The number of para-hydroxylation sites is 2. The van der Waals surface area contributed by atoms with Gasteiger partial charge in [-0.05, 0) is 92.7 Å². The van der Waals surface area contributed by atoms with Crippen LogP contribution in [0.5, 0.6) is 0 Å². The molecule has 0 unspecified atom stereocenters. The number of aromatic nitrogens is 1. The molecular formula is C49H36N2. The normalized spacial score (nSPS) is 13.1. The number of rotatable bonds is 5. The van der Waals surface area contributed by atoms with Gasteiger partial charge < -0.3 is 9.47 Å². The first-order valence-electron chi connectivity index (χ1n) is 17.8. The fourth-order valence-electron chi connectivity index (χ4n) is 8.54. The Bertz CT molecular complexity index is 2770. The number of nitrogens with zero attached hydrogens (tertiary/aromatic N) is 2. The predicted molar refractivity (Wildman–Crippen MR) is 216 cm³/mol. The van der Waals surface area contributed by atoms with Gasteiger partial charge in [-0.15, -0.1) is 0 Å². The second kappa shape index (κ2) is 11.3. The third-order valence-corrected chi connectivity index (χ3v) is 11.0. The van der Waals surface area contributed by atoms with Crippen molar-refractivity contribution < 1.29 is 0 Å². The molecule has 2 heteroatoms. The largest absolute Gasteiger partial charge is 0.308 e. The highest BCUT2D eigenvalue weighted by Gasteiger charge is 2.36. The van der Waals surface area contributed by atoms with Crippen molar-refractivity contribution >= 4 is 49.6 Å². The Hall–Kier alpha value is -6.38. The monoisotopic (exact) mass is 652 g/mol. The van der Waals surface area contributed by atoms with E-state index >= 15 is 0 Å². The van der Waals surface area contributed by atoms with E-state index in [4.69, 9.17) is 0 Å². The van der Waals surface area contributed by atoms with Gasteiger partial charge in [0.25, 0.3) is 0 Å². The number of hydrogen-bond donors (Lipinski definition) is 0. The molecule has 0 saturated carbocycles. The molecule has 51 heavy (non-hydrogen) atoms. The highest BCUT2D eigenvalue weighted by molar-refractivity contribution is 6.20. The fraction of sp³-hybridized carbons (Fsp3) is 0.0612. The van der Waals surface area contributed by atoms with E-state index in [9.17, 15) is 0 Å². The molecule has 0 atom stereocenters. The number of anilines is 3. The van der Waals surface area contributed by atoms with E-state index < -0.39 is 0 Å². The van der Waals surface area contributed by atoms with E-state index in [1.807, 2.05) is 0 Å². The zero-order chi connectivity index (χ0) is 34.1. The maximum atomic E-state index is 2.49. The zero-order valence-electron chi connectivity index (χ0n) is 28.7. The Labute approximate surface area is 298 Å². The van der Waals surface area contributed by atoms with Crippen molar-refractivity contribution in [1.29, 1.82) is 0 Å². The standard InChI is InChI=1S/C49H36N2/c1-49(2)43-23-13-11-21-40(43)41-28-27-38(32-44(41)49)50(37-26-25-33-15-9-10-18-35(33)31-37)46-30-29-39(34-16-5-3-6-17-34)47-42-22-12-14-24-45(42)51(48(46)47)36-19-7-4-8-20-36/h3-32H,1-2H3. The lowest BCUT2D eigenvalue weighted by molar-refractivity contribution is 0.660. The van der Waals surface area contributed by atoms with E-state index in [2.05, 4.69) is 205 Å². The second-order valence-corrected chi connectivity index (χ2v) is 14.2. The summed E-state index contributed by atoms with van der Waals surface area (Å²) in [4.78, 5) is 2.49. The Kier molecular flexibility index (Phi) is 6.56. The lowest BCUT2D eigenvalue weighted by Gasteiger charge is -2.30. The van der Waals surface area contributed by atoms with Gasteiger partial charge in [-0.2, -0.15) is 0 Å². The molecule has 1 heterocycles. The number of benzene rings is 8. The highest BCUT2D eigenvalue weighted by atomic mass is 15.2. The minimum Gasteiger partial charge on any atom is -0.308 e. The molecular weight excluding hydrogens is 617 g/mol. The number of hydrogen-bond acceptors (Lipinski definition) is 1. The first kappa shape index (κ1) is 29.5. The maximum absolute atomic E-state index is 2.49. The predicted octanol–water partition coefficient (Wildman–Crippen LogP) is 13.4. The summed E-state index contributed by atoms with van der Waals surface area (Å²) >= 11 is 0. The van der Waals surface area contributed by atoms with Crippen molar-refractivity contribution in [3.63, 3.8) is 0 Å². The summed E-state index contributed by atoms with van der Waals surface area (Å²) < 4.78 is 2.47. The van der Waals surface area contributed by atoms with Crippen molar-refractivity contribution in [3.8, 4) is 27.9 Å². The molecule has 0 spiro atoms. The van der Waals surface area contributed by atoms with Gasteiger partial charge in [0.1, 0.15) is 0 Å². The summed E-state index contributed by atoms with van der Waals surface area (Å²) in [6, 6.07) is 66.7. The van der Waals surface area contributed by atoms with Crippen molar-refractivity contribution in [2.75, 3.05) is 4.90 Å². The van der Waals surface area contributed by atoms with Gasteiger partial charge in [0, 0.05) is 33.2 Å². The van der Waals surface area contributed by atoms with E-state index in [1.54, 1.807) is 0 Å². The molecule has 10 rings (SSSR count). The van der Waals surface area contributed by atoms with Gasteiger partial charge in [-0.1, -0.05) is 147 Å². The molecule has 0 bridgehead atoms. The molecule has 0 fully saturated rings. The van der Waals surface area contributed by atoms with Crippen molar-refractivity contribution in [2.45, 2.75) is 19.3 Å². The Morgan fingerprint density at radius 2 is 1.10 bits per heavy atom. The third-order valence-electron chi connectivity index (χ3n) is 11.0. The quantitative estimate of drug-likeness (QED) is 0.180. The van der Waals surface area contributed by atoms with Crippen LogP contribution in [0.2, 0.25) is 0 Å². The number of fused-ring (bicyclic) bond motifs is 7. The molecule has 1 aromatic heterocycles. The summed E-state index contributed by atoms with van der Waals surface area (Å²) in [7, 11) is 0.